The predicted octanol–water partition coefficient (Wildman–Crippen LogP) is 3.79. The summed E-state index contributed by atoms with van der Waals surface area (Å²) in [6.45, 7) is 1.69. The molecule has 0 fully saturated rings. The van der Waals surface area contributed by atoms with Gasteiger partial charge in [-0.2, -0.15) is 0 Å². The molecule has 0 bridgehead atoms. The van der Waals surface area contributed by atoms with Crippen molar-refractivity contribution in [2.75, 3.05) is 7.11 Å². The van der Waals surface area contributed by atoms with Crippen LogP contribution in [0.4, 0.5) is 0 Å². The molecule has 0 spiro atoms. The highest BCUT2D eigenvalue weighted by Crippen LogP contribution is 2.19. The van der Waals surface area contributed by atoms with Crippen molar-refractivity contribution in [3.05, 3.63) is 74.7 Å². The topological polar surface area (TPSA) is 72.0 Å². The molecule has 3 rings (SSSR count). The number of aromatic nitrogens is 2. The van der Waals surface area contributed by atoms with Crippen molar-refractivity contribution in [2.24, 2.45) is 0 Å². The first-order chi connectivity index (χ1) is 12.0. The van der Waals surface area contributed by atoms with Gasteiger partial charge in [-0.05, 0) is 48.4 Å². The molecule has 2 heterocycles. The maximum atomic E-state index is 12.5. The van der Waals surface area contributed by atoms with Crippen LogP contribution >= 0.6 is 11.6 Å². The number of ketones is 1. The number of aromatic amines is 1. The van der Waals surface area contributed by atoms with Crippen molar-refractivity contribution in [3.8, 4) is 5.75 Å². The molecule has 0 atom stereocenters. The minimum Gasteiger partial charge on any atom is -0.497 e. The first kappa shape index (κ1) is 16.9. The van der Waals surface area contributed by atoms with E-state index in [-0.39, 0.29) is 5.56 Å². The summed E-state index contributed by atoms with van der Waals surface area (Å²) >= 11 is 5.92. The van der Waals surface area contributed by atoms with E-state index in [0.29, 0.717) is 21.7 Å². The minimum atomic E-state index is -0.446. The number of benzene rings is 1. The number of pyridine rings is 2. The van der Waals surface area contributed by atoms with Gasteiger partial charge in [0.15, 0.2) is 5.78 Å². The SMILES string of the molecule is COc1ccc(C=CC(=O)c2c(C)c3nc(Cl)ccc3[nH]c2=O)cc1. The van der Waals surface area contributed by atoms with Crippen LogP contribution in [0.2, 0.25) is 5.15 Å². The maximum absolute atomic E-state index is 12.5. The van der Waals surface area contributed by atoms with E-state index in [1.54, 1.807) is 44.4 Å². The third-order valence-electron chi connectivity index (χ3n) is 3.86. The highest BCUT2D eigenvalue weighted by Gasteiger charge is 2.15. The lowest BCUT2D eigenvalue weighted by Gasteiger charge is -2.06. The number of halogens is 1. The molecule has 25 heavy (non-hydrogen) atoms. The Hall–Kier alpha value is -2.92. The summed E-state index contributed by atoms with van der Waals surface area (Å²) in [6, 6.07) is 10.5. The number of H-pyrrole nitrogens is 1. The normalized spacial score (nSPS) is 11.2. The van der Waals surface area contributed by atoms with Gasteiger partial charge in [-0.3, -0.25) is 9.59 Å². The molecule has 0 aliphatic carbocycles. The zero-order valence-corrected chi connectivity index (χ0v) is 14.4. The van der Waals surface area contributed by atoms with Crippen LogP contribution in [0.1, 0.15) is 21.5 Å². The van der Waals surface area contributed by atoms with Crippen molar-refractivity contribution >= 4 is 34.5 Å². The number of nitrogens with one attached hydrogen (secondary N) is 1. The second-order valence-corrected chi connectivity index (χ2v) is 5.84. The summed E-state index contributed by atoms with van der Waals surface area (Å²) in [5, 5.41) is 0.301. The van der Waals surface area contributed by atoms with Crippen molar-refractivity contribution in [2.45, 2.75) is 6.92 Å². The fourth-order valence-corrected chi connectivity index (χ4v) is 2.71. The van der Waals surface area contributed by atoms with Crippen LogP contribution in [-0.4, -0.2) is 22.9 Å². The van der Waals surface area contributed by atoms with Crippen molar-refractivity contribution in [1.29, 1.82) is 0 Å². The van der Waals surface area contributed by atoms with Crippen molar-refractivity contribution in [1.82, 2.24) is 9.97 Å². The Morgan fingerprint density at radius 1 is 1.20 bits per heavy atom. The number of methoxy groups -OCH3 is 1. The number of allylic oxidation sites excluding steroid dienone is 1. The molecule has 3 aromatic rings. The Morgan fingerprint density at radius 2 is 1.92 bits per heavy atom. The molecule has 0 aliphatic heterocycles. The Kier molecular flexibility index (Phi) is 4.67. The van der Waals surface area contributed by atoms with Gasteiger partial charge in [0, 0.05) is 0 Å². The minimum absolute atomic E-state index is 0.0621. The van der Waals surface area contributed by atoms with Gasteiger partial charge < -0.3 is 9.72 Å². The van der Waals surface area contributed by atoms with Crippen LogP contribution in [0.3, 0.4) is 0 Å². The quantitative estimate of drug-likeness (QED) is 0.439. The number of carbonyl (C=O) groups excluding carboxylic acids is 1. The number of aryl methyl sites for hydroxylation is 1. The van der Waals surface area contributed by atoms with Gasteiger partial charge in [0.1, 0.15) is 10.9 Å². The van der Waals surface area contributed by atoms with E-state index in [9.17, 15) is 9.59 Å². The molecule has 0 saturated heterocycles. The van der Waals surface area contributed by atoms with Gasteiger partial charge in [-0.15, -0.1) is 0 Å². The number of fused-ring (bicyclic) bond motifs is 1. The van der Waals surface area contributed by atoms with Gasteiger partial charge in [0.05, 0.1) is 23.7 Å². The summed E-state index contributed by atoms with van der Waals surface area (Å²) in [6.07, 6.45) is 3.02. The summed E-state index contributed by atoms with van der Waals surface area (Å²) in [4.78, 5) is 31.7. The first-order valence-corrected chi connectivity index (χ1v) is 7.93. The van der Waals surface area contributed by atoms with Gasteiger partial charge in [-0.1, -0.05) is 29.8 Å². The van der Waals surface area contributed by atoms with Crippen LogP contribution in [0, 0.1) is 6.92 Å². The smallest absolute Gasteiger partial charge is 0.260 e. The fraction of sp³-hybridized carbons (Fsp3) is 0.105. The number of hydrogen-bond donors (Lipinski definition) is 1. The number of hydrogen-bond acceptors (Lipinski definition) is 4. The summed E-state index contributed by atoms with van der Waals surface area (Å²) in [7, 11) is 1.59. The lowest BCUT2D eigenvalue weighted by molar-refractivity contribution is 0.104. The Balaban J connectivity index is 1.98. The fourth-order valence-electron chi connectivity index (χ4n) is 2.56. The molecule has 126 valence electrons. The van der Waals surface area contributed by atoms with Crippen LogP contribution in [0.15, 0.2) is 47.3 Å². The predicted molar refractivity (Wildman–Crippen MR) is 98.5 cm³/mol. The van der Waals surface area contributed by atoms with E-state index in [0.717, 1.165) is 11.3 Å². The van der Waals surface area contributed by atoms with Crippen LogP contribution in [-0.2, 0) is 0 Å². The molecule has 2 aromatic heterocycles. The highest BCUT2D eigenvalue weighted by molar-refractivity contribution is 6.29. The van der Waals surface area contributed by atoms with E-state index in [1.807, 2.05) is 12.1 Å². The standard InChI is InChI=1S/C19H15ClN2O3/c1-11-17(19(24)21-14-8-10-16(20)22-18(11)14)15(23)9-5-12-3-6-13(25-2)7-4-12/h3-10H,1-2H3,(H,21,24). The van der Waals surface area contributed by atoms with E-state index in [1.165, 1.54) is 6.08 Å². The number of carbonyl (C=O) groups is 1. The zero-order chi connectivity index (χ0) is 18.0. The van der Waals surface area contributed by atoms with E-state index in [4.69, 9.17) is 16.3 Å². The molecule has 1 N–H and O–H groups in total. The number of nitrogens with zero attached hydrogens (tertiary/aromatic N) is 1. The second kappa shape index (κ2) is 6.91. The van der Waals surface area contributed by atoms with E-state index >= 15 is 0 Å². The Labute approximate surface area is 148 Å². The summed E-state index contributed by atoms with van der Waals surface area (Å²) in [5.74, 6) is 0.339. The van der Waals surface area contributed by atoms with Crippen molar-refractivity contribution in [3.63, 3.8) is 0 Å². The molecule has 0 radical (unpaired) electrons. The summed E-state index contributed by atoms with van der Waals surface area (Å²) in [5.41, 5.74) is 2.00. The van der Waals surface area contributed by atoms with Gasteiger partial charge in [0.25, 0.3) is 5.56 Å². The third kappa shape index (κ3) is 3.46. The van der Waals surface area contributed by atoms with Crippen LogP contribution < -0.4 is 10.3 Å². The Bertz CT molecular complexity index is 1040. The average molecular weight is 355 g/mol. The van der Waals surface area contributed by atoms with E-state index in [2.05, 4.69) is 9.97 Å². The molecular weight excluding hydrogens is 340 g/mol. The Morgan fingerprint density at radius 3 is 2.60 bits per heavy atom. The van der Waals surface area contributed by atoms with Crippen molar-refractivity contribution < 1.29 is 9.53 Å². The van der Waals surface area contributed by atoms with Gasteiger partial charge in [0.2, 0.25) is 0 Å². The van der Waals surface area contributed by atoms with Gasteiger partial charge in [-0.25, -0.2) is 4.98 Å². The lowest BCUT2D eigenvalue weighted by atomic mass is 10.0. The number of ether oxygens (including phenoxy) is 1. The largest absolute Gasteiger partial charge is 0.497 e. The highest BCUT2D eigenvalue weighted by atomic mass is 35.5. The van der Waals surface area contributed by atoms with Gasteiger partial charge >= 0.3 is 0 Å². The third-order valence-corrected chi connectivity index (χ3v) is 4.07. The zero-order valence-electron chi connectivity index (χ0n) is 13.7. The first-order valence-electron chi connectivity index (χ1n) is 7.55. The molecule has 0 unspecified atom stereocenters. The molecule has 0 amide bonds. The average Bonchev–Trinajstić information content (AvgIpc) is 2.61. The number of rotatable bonds is 4. The second-order valence-electron chi connectivity index (χ2n) is 5.46. The summed E-state index contributed by atoms with van der Waals surface area (Å²) < 4.78 is 5.09. The molecule has 0 aliphatic rings. The maximum Gasteiger partial charge on any atom is 0.260 e. The monoisotopic (exact) mass is 354 g/mol. The molecule has 5 nitrogen and oxygen atoms in total. The molecule has 6 heteroatoms. The van der Waals surface area contributed by atoms with E-state index < -0.39 is 11.3 Å². The molecule has 1 aromatic carbocycles. The molecule has 0 saturated carbocycles. The van der Waals surface area contributed by atoms with Crippen LogP contribution in [0.5, 0.6) is 5.75 Å². The van der Waals surface area contributed by atoms with Crippen LogP contribution in [0.25, 0.3) is 17.1 Å². The lowest BCUT2D eigenvalue weighted by Crippen LogP contribution is -2.19. The molecular formula is C19H15ClN2O3.